The van der Waals surface area contributed by atoms with Crippen molar-refractivity contribution in [3.05, 3.63) is 32.4 Å². The van der Waals surface area contributed by atoms with E-state index in [9.17, 15) is 19.7 Å². The summed E-state index contributed by atoms with van der Waals surface area (Å²) in [6.45, 7) is 6.43. The molecular formula is C13H17NO5. The highest BCUT2D eigenvalue weighted by Crippen LogP contribution is 2.27. The van der Waals surface area contributed by atoms with E-state index in [0.717, 1.165) is 0 Å². The number of allylic oxidation sites excluding steroid dienone is 4. The van der Waals surface area contributed by atoms with Crippen molar-refractivity contribution >= 4 is 11.6 Å². The van der Waals surface area contributed by atoms with Gasteiger partial charge in [0.2, 0.25) is 0 Å². The average molecular weight is 267 g/mol. The molecule has 0 aromatic rings. The molecule has 1 aliphatic rings. The zero-order valence-electron chi connectivity index (χ0n) is 11.5. The molecule has 19 heavy (non-hydrogen) atoms. The molecule has 1 rings (SSSR count). The Balaban J connectivity index is 2.81. The molecule has 0 N–H and O–H groups in total. The molecule has 0 saturated heterocycles. The van der Waals surface area contributed by atoms with E-state index in [1.807, 2.05) is 0 Å². The van der Waals surface area contributed by atoms with Crippen LogP contribution in [0.3, 0.4) is 0 Å². The van der Waals surface area contributed by atoms with Crippen LogP contribution in [0.5, 0.6) is 0 Å². The molecule has 0 saturated carbocycles. The Morgan fingerprint density at radius 2 is 1.63 bits per heavy atom. The fourth-order valence-electron chi connectivity index (χ4n) is 2.00. The number of hydrogen-bond donors (Lipinski definition) is 0. The molecule has 0 spiro atoms. The maximum atomic E-state index is 12.1. The first kappa shape index (κ1) is 15.1. The van der Waals surface area contributed by atoms with Crippen LogP contribution < -0.4 is 0 Å². The van der Waals surface area contributed by atoms with E-state index in [1.165, 1.54) is 0 Å². The van der Waals surface area contributed by atoms with Gasteiger partial charge in [-0.15, -0.1) is 10.1 Å². The number of ketones is 2. The van der Waals surface area contributed by atoms with Gasteiger partial charge in [0.25, 0.3) is 5.09 Å². The van der Waals surface area contributed by atoms with Crippen molar-refractivity contribution in [1.29, 1.82) is 0 Å². The maximum absolute atomic E-state index is 12.1. The third-order valence-corrected chi connectivity index (χ3v) is 3.38. The van der Waals surface area contributed by atoms with Crippen LogP contribution in [-0.4, -0.2) is 22.8 Å². The lowest BCUT2D eigenvalue weighted by Crippen LogP contribution is -2.22. The average Bonchev–Trinajstić information content (AvgIpc) is 2.33. The van der Waals surface area contributed by atoms with Crippen molar-refractivity contribution in [1.82, 2.24) is 0 Å². The highest BCUT2D eigenvalue weighted by atomic mass is 17.0. The van der Waals surface area contributed by atoms with E-state index in [-0.39, 0.29) is 11.6 Å². The van der Waals surface area contributed by atoms with Gasteiger partial charge in [0, 0.05) is 22.3 Å². The second-order valence-corrected chi connectivity index (χ2v) is 4.69. The zero-order chi connectivity index (χ0) is 14.7. The Bertz CT molecular complexity index is 501. The summed E-state index contributed by atoms with van der Waals surface area (Å²) < 4.78 is 0. The van der Waals surface area contributed by atoms with Gasteiger partial charge in [-0.25, -0.2) is 0 Å². The smallest absolute Gasteiger partial charge is 0.294 e. The van der Waals surface area contributed by atoms with E-state index in [1.54, 1.807) is 27.7 Å². The maximum Gasteiger partial charge on any atom is 0.294 e. The summed E-state index contributed by atoms with van der Waals surface area (Å²) in [6.07, 6.45) is 0.0141. The van der Waals surface area contributed by atoms with Crippen LogP contribution in [0.1, 0.15) is 40.5 Å². The third-order valence-electron chi connectivity index (χ3n) is 3.38. The Hall–Kier alpha value is -1.98. The first-order chi connectivity index (χ1) is 8.75. The number of carbonyl (C=O) groups excluding carboxylic acids is 2. The van der Waals surface area contributed by atoms with Crippen molar-refractivity contribution < 1.29 is 19.5 Å². The predicted molar refractivity (Wildman–Crippen MR) is 67.9 cm³/mol. The third kappa shape index (κ3) is 3.27. The van der Waals surface area contributed by atoms with E-state index in [4.69, 9.17) is 0 Å². The van der Waals surface area contributed by atoms with Crippen molar-refractivity contribution in [3.63, 3.8) is 0 Å². The number of rotatable bonds is 5. The van der Waals surface area contributed by atoms with Gasteiger partial charge in [-0.2, -0.15) is 0 Å². The Morgan fingerprint density at radius 1 is 1.11 bits per heavy atom. The van der Waals surface area contributed by atoms with Crippen molar-refractivity contribution in [2.24, 2.45) is 0 Å². The molecule has 1 unspecified atom stereocenters. The summed E-state index contributed by atoms with van der Waals surface area (Å²) in [5.41, 5.74) is 1.79. The fraction of sp³-hybridized carbons (Fsp3) is 0.538. The molecule has 0 aromatic carbocycles. The number of nitrogens with zero attached hydrogens (tertiary/aromatic N) is 1. The molecule has 0 heterocycles. The molecule has 6 nitrogen and oxygen atoms in total. The van der Waals surface area contributed by atoms with Crippen molar-refractivity contribution in [2.45, 2.75) is 46.6 Å². The van der Waals surface area contributed by atoms with Gasteiger partial charge in [-0.3, -0.25) is 9.59 Å². The normalized spacial score (nSPS) is 17.9. The zero-order valence-corrected chi connectivity index (χ0v) is 11.5. The van der Waals surface area contributed by atoms with Crippen LogP contribution in [0.25, 0.3) is 0 Å². The van der Waals surface area contributed by atoms with E-state index in [0.29, 0.717) is 35.1 Å². The summed E-state index contributed by atoms with van der Waals surface area (Å²) in [7, 11) is 0. The molecule has 0 amide bonds. The van der Waals surface area contributed by atoms with Gasteiger partial charge in [0.15, 0.2) is 11.6 Å². The number of Topliss-reactive ketones (excluding diaryl/α,β-unsaturated/α-hetero) is 2. The number of hydrogen-bond acceptors (Lipinski definition) is 5. The van der Waals surface area contributed by atoms with E-state index in [2.05, 4.69) is 4.84 Å². The summed E-state index contributed by atoms with van der Waals surface area (Å²) in [6, 6.07) is 0. The summed E-state index contributed by atoms with van der Waals surface area (Å²) in [5.74, 6) is -0.280. The predicted octanol–water partition coefficient (Wildman–Crippen LogP) is 2.17. The molecule has 0 aliphatic heterocycles. The Labute approximate surface area is 111 Å². The number of carbonyl (C=O) groups is 2. The van der Waals surface area contributed by atoms with Crippen molar-refractivity contribution in [2.75, 3.05) is 0 Å². The standard InChI is InChI=1S/C13H17NO5/c1-7(19-14(17)18)5-6-11-10(4)12(15)8(2)9(3)13(11)16/h7H,5-6H2,1-4H3. The first-order valence-corrected chi connectivity index (χ1v) is 6.03. The molecule has 104 valence electrons. The quantitative estimate of drug-likeness (QED) is 0.433. The van der Waals surface area contributed by atoms with Crippen LogP contribution >= 0.6 is 0 Å². The molecule has 0 fully saturated rings. The first-order valence-electron chi connectivity index (χ1n) is 6.03. The minimum atomic E-state index is -0.852. The molecular weight excluding hydrogens is 250 g/mol. The summed E-state index contributed by atoms with van der Waals surface area (Å²) in [4.78, 5) is 38.5. The van der Waals surface area contributed by atoms with Crippen LogP contribution in [0.4, 0.5) is 0 Å². The molecule has 6 heteroatoms. The van der Waals surface area contributed by atoms with Gasteiger partial charge in [0.05, 0.1) is 0 Å². The van der Waals surface area contributed by atoms with Crippen LogP contribution in [0.15, 0.2) is 22.3 Å². The van der Waals surface area contributed by atoms with Gasteiger partial charge in [-0.05, 0) is 40.5 Å². The molecule has 1 atom stereocenters. The lowest BCUT2D eigenvalue weighted by atomic mass is 9.84. The van der Waals surface area contributed by atoms with Crippen LogP contribution in [0.2, 0.25) is 0 Å². The SMILES string of the molecule is CC1=C(C)C(=O)C(CCC(C)O[N+](=O)[O-])=C(C)C1=O. The van der Waals surface area contributed by atoms with Gasteiger partial charge in [-0.1, -0.05) is 0 Å². The molecule has 1 aliphatic carbocycles. The highest BCUT2D eigenvalue weighted by Gasteiger charge is 2.27. The van der Waals surface area contributed by atoms with Crippen molar-refractivity contribution in [3.8, 4) is 0 Å². The van der Waals surface area contributed by atoms with Crippen LogP contribution in [0, 0.1) is 10.1 Å². The molecule has 0 aromatic heterocycles. The second-order valence-electron chi connectivity index (χ2n) is 4.69. The lowest BCUT2D eigenvalue weighted by molar-refractivity contribution is -0.767. The van der Waals surface area contributed by atoms with Gasteiger partial charge >= 0.3 is 0 Å². The fourth-order valence-corrected chi connectivity index (χ4v) is 2.00. The molecule has 0 radical (unpaired) electrons. The minimum Gasteiger partial charge on any atom is -0.311 e. The largest absolute Gasteiger partial charge is 0.311 e. The lowest BCUT2D eigenvalue weighted by Gasteiger charge is -2.19. The van der Waals surface area contributed by atoms with E-state index >= 15 is 0 Å². The minimum absolute atomic E-state index is 0.130. The summed E-state index contributed by atoms with van der Waals surface area (Å²) in [5, 5.41) is 9.33. The Morgan fingerprint density at radius 3 is 2.16 bits per heavy atom. The second kappa shape index (κ2) is 5.77. The topological polar surface area (TPSA) is 86.5 Å². The molecule has 0 bridgehead atoms. The summed E-state index contributed by atoms with van der Waals surface area (Å²) >= 11 is 0. The van der Waals surface area contributed by atoms with Gasteiger partial charge in [0.1, 0.15) is 6.10 Å². The van der Waals surface area contributed by atoms with E-state index < -0.39 is 11.2 Å². The highest BCUT2D eigenvalue weighted by molar-refractivity contribution is 6.24. The van der Waals surface area contributed by atoms with Gasteiger partial charge < -0.3 is 4.84 Å². The van der Waals surface area contributed by atoms with Crippen LogP contribution in [-0.2, 0) is 14.4 Å². The Kier molecular flexibility index (Phi) is 4.58. The monoisotopic (exact) mass is 267 g/mol.